The minimum absolute atomic E-state index is 0.0128. The lowest BCUT2D eigenvalue weighted by atomic mass is 9.98. The zero-order valence-electron chi connectivity index (χ0n) is 12.5. The summed E-state index contributed by atoms with van der Waals surface area (Å²) in [5.74, 6) is -1.67. The van der Waals surface area contributed by atoms with Crippen LogP contribution in [0, 0.1) is 0 Å². The van der Waals surface area contributed by atoms with Crippen LogP contribution in [-0.2, 0) is 16.0 Å². The number of carbonyl (C=O) groups excluding carboxylic acids is 3. The third kappa shape index (κ3) is 2.66. The number of methoxy groups -OCH3 is 1. The average molecular weight is 364 g/mol. The second-order valence-electron chi connectivity index (χ2n) is 5.15. The molecule has 0 saturated carbocycles. The predicted octanol–water partition coefficient (Wildman–Crippen LogP) is 3.51. The molecule has 1 aliphatic heterocycles. The highest BCUT2D eigenvalue weighted by Crippen LogP contribution is 2.36. The van der Waals surface area contributed by atoms with Crippen molar-refractivity contribution < 1.29 is 19.1 Å². The highest BCUT2D eigenvalue weighted by molar-refractivity contribution is 6.40. The topological polar surface area (TPSA) is 63.7 Å². The number of fused-ring (bicyclic) bond motifs is 1. The molecule has 0 bridgehead atoms. The lowest BCUT2D eigenvalue weighted by molar-refractivity contribution is -0.117. The molecule has 0 aromatic heterocycles. The van der Waals surface area contributed by atoms with Crippen molar-refractivity contribution in [1.29, 1.82) is 0 Å². The molecule has 0 atom stereocenters. The molecular formula is C17H11Cl2NO4. The van der Waals surface area contributed by atoms with E-state index < -0.39 is 17.8 Å². The van der Waals surface area contributed by atoms with Crippen molar-refractivity contribution in [1.82, 2.24) is 0 Å². The molecule has 0 saturated heterocycles. The van der Waals surface area contributed by atoms with Gasteiger partial charge in [-0.1, -0.05) is 41.4 Å². The van der Waals surface area contributed by atoms with Gasteiger partial charge in [0.15, 0.2) is 0 Å². The van der Waals surface area contributed by atoms with E-state index in [2.05, 4.69) is 4.74 Å². The predicted molar refractivity (Wildman–Crippen MR) is 89.8 cm³/mol. The van der Waals surface area contributed by atoms with Crippen molar-refractivity contribution in [2.45, 2.75) is 6.42 Å². The Labute approximate surface area is 147 Å². The monoisotopic (exact) mass is 363 g/mol. The summed E-state index contributed by atoms with van der Waals surface area (Å²) in [4.78, 5) is 38.0. The van der Waals surface area contributed by atoms with Crippen LogP contribution in [-0.4, -0.2) is 24.9 Å². The molecule has 2 aromatic rings. The summed E-state index contributed by atoms with van der Waals surface area (Å²) in [6.07, 6.45) is 0.0539. The van der Waals surface area contributed by atoms with Gasteiger partial charge < -0.3 is 4.74 Å². The third-order valence-electron chi connectivity index (χ3n) is 3.71. The maximum atomic E-state index is 12.7. The van der Waals surface area contributed by atoms with Gasteiger partial charge >= 0.3 is 5.97 Å². The standard InChI is InChI=1S/C17H11Cl2NO4/c1-24-17(23)12-7-10(18)8-13(15(12)19)20-14(21)6-9-4-2-3-5-11(9)16(20)22/h2-5,7-8H,6H2,1H3. The number of rotatable bonds is 2. The van der Waals surface area contributed by atoms with Crippen LogP contribution in [0.5, 0.6) is 0 Å². The van der Waals surface area contributed by atoms with Gasteiger partial charge in [-0.15, -0.1) is 0 Å². The number of hydrogen-bond donors (Lipinski definition) is 0. The fraction of sp³-hybridized carbons (Fsp3) is 0.118. The van der Waals surface area contributed by atoms with Crippen LogP contribution in [0.25, 0.3) is 0 Å². The van der Waals surface area contributed by atoms with Crippen molar-refractivity contribution >= 4 is 46.7 Å². The van der Waals surface area contributed by atoms with Gasteiger partial charge in [-0.05, 0) is 23.8 Å². The van der Waals surface area contributed by atoms with Crippen molar-refractivity contribution in [3.63, 3.8) is 0 Å². The number of nitrogens with zero attached hydrogens (tertiary/aromatic N) is 1. The molecule has 1 heterocycles. The van der Waals surface area contributed by atoms with Gasteiger partial charge in [-0.3, -0.25) is 9.59 Å². The van der Waals surface area contributed by atoms with E-state index >= 15 is 0 Å². The number of hydrogen-bond acceptors (Lipinski definition) is 4. The highest BCUT2D eigenvalue weighted by Gasteiger charge is 2.34. The summed E-state index contributed by atoms with van der Waals surface area (Å²) >= 11 is 12.3. The van der Waals surface area contributed by atoms with Crippen LogP contribution in [0.1, 0.15) is 26.3 Å². The second-order valence-corrected chi connectivity index (χ2v) is 5.96. The molecule has 2 amide bonds. The zero-order valence-corrected chi connectivity index (χ0v) is 14.0. The minimum Gasteiger partial charge on any atom is -0.465 e. The fourth-order valence-corrected chi connectivity index (χ4v) is 3.08. The summed E-state index contributed by atoms with van der Waals surface area (Å²) in [5.41, 5.74) is 1.11. The normalized spacial score (nSPS) is 13.7. The SMILES string of the molecule is COC(=O)c1cc(Cl)cc(N2C(=O)Cc3ccccc3C2=O)c1Cl. The number of ether oxygens (including phenoxy) is 1. The van der Waals surface area contributed by atoms with E-state index in [1.807, 2.05) is 0 Å². The molecule has 5 nitrogen and oxygen atoms in total. The van der Waals surface area contributed by atoms with Gasteiger partial charge in [0.25, 0.3) is 5.91 Å². The van der Waals surface area contributed by atoms with Gasteiger partial charge in [-0.2, -0.15) is 0 Å². The molecule has 0 spiro atoms. The Hall–Kier alpha value is -2.37. The summed E-state index contributed by atoms with van der Waals surface area (Å²) in [5, 5.41) is 0.0987. The molecular weight excluding hydrogens is 353 g/mol. The van der Waals surface area contributed by atoms with E-state index in [-0.39, 0.29) is 27.7 Å². The average Bonchev–Trinajstić information content (AvgIpc) is 2.56. The summed E-state index contributed by atoms with van der Waals surface area (Å²) in [6.45, 7) is 0. The van der Waals surface area contributed by atoms with E-state index in [9.17, 15) is 14.4 Å². The maximum absolute atomic E-state index is 12.7. The van der Waals surface area contributed by atoms with Gasteiger partial charge in [0.1, 0.15) is 0 Å². The molecule has 7 heteroatoms. The molecule has 24 heavy (non-hydrogen) atoms. The number of anilines is 1. The van der Waals surface area contributed by atoms with Crippen LogP contribution in [0.4, 0.5) is 5.69 Å². The first-order valence-electron chi connectivity index (χ1n) is 6.96. The number of carbonyl (C=O) groups is 3. The molecule has 0 fully saturated rings. The van der Waals surface area contributed by atoms with Crippen LogP contribution >= 0.6 is 23.2 Å². The Balaban J connectivity index is 2.16. The Bertz CT molecular complexity index is 879. The molecule has 2 aromatic carbocycles. The molecule has 122 valence electrons. The van der Waals surface area contributed by atoms with Gasteiger partial charge in [0.05, 0.1) is 29.8 Å². The maximum Gasteiger partial charge on any atom is 0.339 e. The van der Waals surface area contributed by atoms with Gasteiger partial charge in [0, 0.05) is 10.6 Å². The van der Waals surface area contributed by atoms with Crippen LogP contribution in [0.2, 0.25) is 10.0 Å². The minimum atomic E-state index is -0.707. The van der Waals surface area contributed by atoms with E-state index in [4.69, 9.17) is 23.2 Å². The highest BCUT2D eigenvalue weighted by atomic mass is 35.5. The first kappa shape index (κ1) is 16.5. The third-order valence-corrected chi connectivity index (χ3v) is 4.32. The van der Waals surface area contributed by atoms with Gasteiger partial charge in [0.2, 0.25) is 5.91 Å². The summed E-state index contributed by atoms with van der Waals surface area (Å²) < 4.78 is 4.65. The summed E-state index contributed by atoms with van der Waals surface area (Å²) in [7, 11) is 1.20. The Morgan fingerprint density at radius 2 is 1.88 bits per heavy atom. The number of imide groups is 1. The number of halogens is 2. The van der Waals surface area contributed by atoms with E-state index in [1.165, 1.54) is 19.2 Å². The molecule has 0 radical (unpaired) electrons. The molecule has 0 aliphatic carbocycles. The fourth-order valence-electron chi connectivity index (χ4n) is 2.60. The number of benzene rings is 2. The van der Waals surface area contributed by atoms with Crippen LogP contribution in [0.3, 0.4) is 0 Å². The molecule has 0 N–H and O–H groups in total. The van der Waals surface area contributed by atoms with Crippen molar-refractivity contribution in [3.8, 4) is 0 Å². The van der Waals surface area contributed by atoms with Crippen molar-refractivity contribution in [3.05, 3.63) is 63.1 Å². The van der Waals surface area contributed by atoms with Crippen molar-refractivity contribution in [2.24, 2.45) is 0 Å². The first-order chi connectivity index (χ1) is 11.4. The smallest absolute Gasteiger partial charge is 0.339 e. The van der Waals surface area contributed by atoms with Crippen molar-refractivity contribution in [2.75, 3.05) is 12.0 Å². The number of esters is 1. The van der Waals surface area contributed by atoms with Gasteiger partial charge in [-0.25, -0.2) is 9.69 Å². The Morgan fingerprint density at radius 3 is 2.58 bits per heavy atom. The number of amides is 2. The first-order valence-corrected chi connectivity index (χ1v) is 7.72. The van der Waals surface area contributed by atoms with E-state index in [0.29, 0.717) is 11.1 Å². The Morgan fingerprint density at radius 1 is 1.17 bits per heavy atom. The lowest BCUT2D eigenvalue weighted by Gasteiger charge is -2.28. The van der Waals surface area contributed by atoms with E-state index in [0.717, 1.165) is 4.90 Å². The Kier molecular flexibility index (Phi) is 4.30. The van der Waals surface area contributed by atoms with E-state index in [1.54, 1.807) is 24.3 Å². The van der Waals surface area contributed by atoms with Crippen LogP contribution < -0.4 is 4.90 Å². The molecule has 3 rings (SSSR count). The lowest BCUT2D eigenvalue weighted by Crippen LogP contribution is -2.42. The largest absolute Gasteiger partial charge is 0.465 e. The second kappa shape index (κ2) is 6.26. The molecule has 0 unspecified atom stereocenters. The van der Waals surface area contributed by atoms with Crippen LogP contribution in [0.15, 0.2) is 36.4 Å². The summed E-state index contributed by atoms with van der Waals surface area (Å²) in [6, 6.07) is 9.53. The quantitative estimate of drug-likeness (QED) is 0.604. The molecule has 1 aliphatic rings. The zero-order chi connectivity index (χ0) is 17.4.